The molecule has 1 saturated heterocycles. The van der Waals surface area contributed by atoms with Crippen LogP contribution >= 0.6 is 0 Å². The zero-order valence-electron chi connectivity index (χ0n) is 22.7. The number of carbonyl (C=O) groups excluding carboxylic acids is 3. The summed E-state index contributed by atoms with van der Waals surface area (Å²) in [6.07, 6.45) is 2.37. The van der Waals surface area contributed by atoms with Gasteiger partial charge < -0.3 is 30.3 Å². The molecule has 1 aliphatic rings. The summed E-state index contributed by atoms with van der Waals surface area (Å²) in [6, 6.07) is -0.273. The number of nitrogens with two attached hydrogens (primary N) is 1. The Morgan fingerprint density at radius 1 is 1.18 bits per heavy atom. The third kappa shape index (κ3) is 7.92. The zero-order valence-corrected chi connectivity index (χ0v) is 22.7. The van der Waals surface area contributed by atoms with Crippen LogP contribution in [0.1, 0.15) is 67.2 Å². The number of likely N-dealkylation sites (tertiary alicyclic amines) is 1. The van der Waals surface area contributed by atoms with Gasteiger partial charge in [-0.2, -0.15) is 0 Å². The molecule has 3 N–H and O–H groups in total. The van der Waals surface area contributed by atoms with E-state index in [4.69, 9.17) is 15.2 Å². The number of hydrogen-bond donors (Lipinski definition) is 2. The van der Waals surface area contributed by atoms with Gasteiger partial charge in [0.25, 0.3) is 0 Å². The maximum atomic E-state index is 13.4. The van der Waals surface area contributed by atoms with Crippen LogP contribution in [0, 0.1) is 11.8 Å². The minimum Gasteiger partial charge on any atom is -0.379 e. The standard InChI is InChI=1S/C25H48N4O5/c1-10-17(4)22(28(7)21(31)15-27-24(32)25(5,6)26)19(33-8)14-20(30)29-13-11-12-18(29)23(34-9)16(2)3/h16-19,22-23H,10-15,26H2,1-9H3,(H,27,32). The lowest BCUT2D eigenvalue weighted by Gasteiger charge is -2.39. The van der Waals surface area contributed by atoms with Gasteiger partial charge in [-0.3, -0.25) is 14.4 Å². The van der Waals surface area contributed by atoms with E-state index in [2.05, 4.69) is 19.2 Å². The summed E-state index contributed by atoms with van der Waals surface area (Å²) >= 11 is 0. The SMILES string of the molecule is CCC(C)C(C(CC(=O)N1CCCC1C(OC)C(C)C)OC)N(C)C(=O)CNC(=O)C(C)(C)N. The molecule has 1 heterocycles. The van der Waals surface area contributed by atoms with E-state index in [0.29, 0.717) is 12.5 Å². The lowest BCUT2D eigenvalue weighted by atomic mass is 9.90. The zero-order chi connectivity index (χ0) is 26.2. The first-order valence-corrected chi connectivity index (χ1v) is 12.5. The minimum absolute atomic E-state index is 0.0162. The smallest absolute Gasteiger partial charge is 0.242 e. The molecule has 9 heteroatoms. The monoisotopic (exact) mass is 484 g/mol. The van der Waals surface area contributed by atoms with Gasteiger partial charge in [-0.05, 0) is 38.5 Å². The first-order valence-electron chi connectivity index (χ1n) is 12.5. The molecule has 1 aliphatic heterocycles. The van der Waals surface area contributed by atoms with Crippen LogP contribution in [0.3, 0.4) is 0 Å². The number of nitrogens with zero attached hydrogens (tertiary/aromatic N) is 2. The molecule has 0 aromatic heterocycles. The number of methoxy groups -OCH3 is 2. The van der Waals surface area contributed by atoms with Gasteiger partial charge in [0.1, 0.15) is 0 Å². The van der Waals surface area contributed by atoms with Crippen molar-refractivity contribution in [3.05, 3.63) is 0 Å². The van der Waals surface area contributed by atoms with Crippen molar-refractivity contribution >= 4 is 17.7 Å². The number of ether oxygens (including phenoxy) is 2. The Labute approximate surface area is 206 Å². The highest BCUT2D eigenvalue weighted by Gasteiger charge is 2.39. The molecule has 34 heavy (non-hydrogen) atoms. The predicted octanol–water partition coefficient (Wildman–Crippen LogP) is 1.78. The van der Waals surface area contributed by atoms with Crippen molar-refractivity contribution in [2.24, 2.45) is 17.6 Å². The maximum absolute atomic E-state index is 13.4. The molecule has 0 radical (unpaired) electrons. The molecule has 3 amide bonds. The van der Waals surface area contributed by atoms with Crippen molar-refractivity contribution in [1.29, 1.82) is 0 Å². The van der Waals surface area contributed by atoms with Crippen LogP contribution in [0.4, 0.5) is 0 Å². The van der Waals surface area contributed by atoms with E-state index in [9.17, 15) is 14.4 Å². The second kappa shape index (κ2) is 13.4. The second-order valence-corrected chi connectivity index (χ2v) is 10.5. The fourth-order valence-corrected chi connectivity index (χ4v) is 4.86. The topological polar surface area (TPSA) is 114 Å². The van der Waals surface area contributed by atoms with Gasteiger partial charge in [0.05, 0.1) is 42.8 Å². The summed E-state index contributed by atoms with van der Waals surface area (Å²) in [4.78, 5) is 42.0. The summed E-state index contributed by atoms with van der Waals surface area (Å²) in [7, 11) is 4.99. The van der Waals surface area contributed by atoms with Crippen LogP contribution in [-0.4, -0.2) is 91.7 Å². The van der Waals surface area contributed by atoms with Crippen molar-refractivity contribution in [3.8, 4) is 0 Å². The van der Waals surface area contributed by atoms with E-state index < -0.39 is 17.6 Å². The molecule has 9 nitrogen and oxygen atoms in total. The highest BCUT2D eigenvalue weighted by Crippen LogP contribution is 2.28. The van der Waals surface area contributed by atoms with Gasteiger partial charge in [-0.25, -0.2) is 0 Å². The van der Waals surface area contributed by atoms with Crippen LogP contribution in [0.25, 0.3) is 0 Å². The predicted molar refractivity (Wildman–Crippen MR) is 133 cm³/mol. The molecule has 1 fully saturated rings. The van der Waals surface area contributed by atoms with E-state index >= 15 is 0 Å². The third-order valence-corrected chi connectivity index (χ3v) is 7.04. The second-order valence-electron chi connectivity index (χ2n) is 10.5. The summed E-state index contributed by atoms with van der Waals surface area (Å²) in [6.45, 7) is 12.0. The normalized spacial score (nSPS) is 20.1. The number of carbonyl (C=O) groups is 3. The largest absolute Gasteiger partial charge is 0.379 e. The highest BCUT2D eigenvalue weighted by molar-refractivity contribution is 5.89. The highest BCUT2D eigenvalue weighted by atomic mass is 16.5. The number of rotatable bonds is 13. The van der Waals surface area contributed by atoms with Crippen molar-refractivity contribution in [3.63, 3.8) is 0 Å². The first kappa shape index (κ1) is 30.3. The molecule has 0 bridgehead atoms. The van der Waals surface area contributed by atoms with Gasteiger partial charge in [0.2, 0.25) is 17.7 Å². The van der Waals surface area contributed by atoms with Crippen LogP contribution < -0.4 is 11.1 Å². The summed E-state index contributed by atoms with van der Waals surface area (Å²) in [5.41, 5.74) is 4.74. The number of amides is 3. The molecule has 0 aromatic rings. The Morgan fingerprint density at radius 2 is 1.79 bits per heavy atom. The van der Waals surface area contributed by atoms with Crippen molar-refractivity contribution in [1.82, 2.24) is 15.1 Å². The van der Waals surface area contributed by atoms with E-state index in [1.807, 2.05) is 18.7 Å². The summed E-state index contributed by atoms with van der Waals surface area (Å²) in [5.74, 6) is -0.247. The molecular weight excluding hydrogens is 436 g/mol. The van der Waals surface area contributed by atoms with Crippen LogP contribution in [-0.2, 0) is 23.9 Å². The van der Waals surface area contributed by atoms with E-state index in [1.54, 1.807) is 40.0 Å². The Hall–Kier alpha value is -1.71. The quantitative estimate of drug-likeness (QED) is 0.412. The Morgan fingerprint density at radius 3 is 2.26 bits per heavy atom. The molecule has 0 aliphatic carbocycles. The molecule has 0 spiro atoms. The fourth-order valence-electron chi connectivity index (χ4n) is 4.86. The maximum Gasteiger partial charge on any atom is 0.242 e. The van der Waals surface area contributed by atoms with E-state index in [1.165, 1.54) is 0 Å². The summed E-state index contributed by atoms with van der Waals surface area (Å²) < 4.78 is 11.5. The lowest BCUT2D eigenvalue weighted by molar-refractivity contribution is -0.144. The van der Waals surface area contributed by atoms with Crippen molar-refractivity contribution in [2.45, 2.75) is 97.1 Å². The molecular formula is C25H48N4O5. The Bertz CT molecular complexity index is 679. The molecule has 0 saturated carbocycles. The van der Waals surface area contributed by atoms with Crippen molar-refractivity contribution < 1.29 is 23.9 Å². The summed E-state index contributed by atoms with van der Waals surface area (Å²) in [5, 5.41) is 2.61. The number of likely N-dealkylation sites (N-methyl/N-ethyl adjacent to an activating group) is 1. The van der Waals surface area contributed by atoms with Crippen LogP contribution in [0.2, 0.25) is 0 Å². The van der Waals surface area contributed by atoms with Crippen LogP contribution in [0.15, 0.2) is 0 Å². The van der Waals surface area contributed by atoms with Gasteiger partial charge in [-0.15, -0.1) is 0 Å². The third-order valence-electron chi connectivity index (χ3n) is 7.04. The van der Waals surface area contributed by atoms with E-state index in [0.717, 1.165) is 19.3 Å². The fraction of sp³-hybridized carbons (Fsp3) is 0.880. The molecule has 198 valence electrons. The minimum atomic E-state index is -1.07. The first-order chi connectivity index (χ1) is 15.8. The molecule has 1 rings (SSSR count). The van der Waals surface area contributed by atoms with Gasteiger partial charge in [0.15, 0.2) is 0 Å². The van der Waals surface area contributed by atoms with Crippen molar-refractivity contribution in [2.75, 3.05) is 34.4 Å². The molecule has 5 unspecified atom stereocenters. The van der Waals surface area contributed by atoms with Gasteiger partial charge in [-0.1, -0.05) is 34.1 Å². The molecule has 0 aromatic carbocycles. The molecule has 5 atom stereocenters. The average Bonchev–Trinajstić information content (AvgIpc) is 3.25. The van der Waals surface area contributed by atoms with Gasteiger partial charge >= 0.3 is 0 Å². The Balaban J connectivity index is 2.99. The lowest BCUT2D eigenvalue weighted by Crippen LogP contribution is -2.55. The number of hydrogen-bond acceptors (Lipinski definition) is 6. The number of nitrogens with one attached hydrogen (secondary N) is 1. The Kier molecular flexibility index (Phi) is 11.9. The average molecular weight is 485 g/mol. The van der Waals surface area contributed by atoms with Gasteiger partial charge in [0, 0.05) is 27.8 Å². The van der Waals surface area contributed by atoms with E-state index in [-0.39, 0.29) is 48.9 Å². The van der Waals surface area contributed by atoms with Crippen LogP contribution in [0.5, 0.6) is 0 Å².